The highest BCUT2D eigenvalue weighted by atomic mass is 16.5. The summed E-state index contributed by atoms with van der Waals surface area (Å²) >= 11 is 0. The lowest BCUT2D eigenvalue weighted by Gasteiger charge is -2.20. The van der Waals surface area contributed by atoms with Gasteiger partial charge in [0.2, 0.25) is 6.10 Å². The van der Waals surface area contributed by atoms with Gasteiger partial charge in [-0.2, -0.15) is 0 Å². The molecule has 0 bridgehead atoms. The number of carbonyl (C=O) groups is 2. The van der Waals surface area contributed by atoms with Crippen LogP contribution < -0.4 is 15.7 Å². The summed E-state index contributed by atoms with van der Waals surface area (Å²) in [5.41, 5.74) is 0.923. The van der Waals surface area contributed by atoms with E-state index >= 15 is 0 Å². The van der Waals surface area contributed by atoms with E-state index in [2.05, 4.69) is 5.32 Å². The Hall–Kier alpha value is -3.87. The fourth-order valence-corrected chi connectivity index (χ4v) is 3.18. The molecule has 31 heavy (non-hydrogen) atoms. The van der Waals surface area contributed by atoms with E-state index in [1.54, 1.807) is 61.5 Å². The first-order chi connectivity index (χ1) is 14.9. The van der Waals surface area contributed by atoms with Gasteiger partial charge >= 0.3 is 11.6 Å². The highest BCUT2D eigenvalue weighted by molar-refractivity contribution is 5.99. The zero-order valence-electron chi connectivity index (χ0n) is 17.5. The number of amides is 1. The number of nitrogens with one attached hydrogen (secondary N) is 1. The van der Waals surface area contributed by atoms with Gasteiger partial charge in [-0.25, -0.2) is 9.59 Å². The van der Waals surface area contributed by atoms with Crippen LogP contribution in [0, 0.1) is 13.8 Å². The number of rotatable bonds is 7. The third-order valence-electron chi connectivity index (χ3n) is 4.55. The van der Waals surface area contributed by atoms with Gasteiger partial charge in [-0.15, -0.1) is 0 Å². The molecule has 160 valence electrons. The van der Waals surface area contributed by atoms with Crippen LogP contribution in [0.1, 0.15) is 40.3 Å². The molecular weight excluding hydrogens is 398 g/mol. The molecule has 3 aromatic rings. The highest BCUT2D eigenvalue weighted by Gasteiger charge is 2.28. The van der Waals surface area contributed by atoms with E-state index in [1.807, 2.05) is 6.92 Å². The number of benzene rings is 2. The molecule has 0 saturated carbocycles. The number of carbonyl (C=O) groups excluding carboxylic acids is 2. The number of ether oxygens (including phenoxy) is 2. The Kier molecular flexibility index (Phi) is 6.87. The van der Waals surface area contributed by atoms with Crippen molar-refractivity contribution in [3.8, 4) is 5.75 Å². The van der Waals surface area contributed by atoms with Gasteiger partial charge in [-0.1, -0.05) is 42.5 Å². The van der Waals surface area contributed by atoms with Crippen molar-refractivity contribution in [2.24, 2.45) is 0 Å². The average Bonchev–Trinajstić information content (AvgIpc) is 2.73. The van der Waals surface area contributed by atoms with E-state index in [4.69, 9.17) is 13.9 Å². The number of aryl methyl sites for hydroxylation is 2. The molecular formula is C24H23NO6. The molecule has 1 N–H and O–H groups in total. The summed E-state index contributed by atoms with van der Waals surface area (Å²) in [5.74, 6) is -0.669. The van der Waals surface area contributed by atoms with Gasteiger partial charge in [0.05, 0.1) is 12.3 Å². The first-order valence-electron chi connectivity index (χ1n) is 9.80. The number of para-hydroxylation sites is 2. The van der Waals surface area contributed by atoms with Gasteiger partial charge in [0.15, 0.2) is 0 Å². The minimum absolute atomic E-state index is 0.114. The summed E-state index contributed by atoms with van der Waals surface area (Å²) in [6.45, 7) is 5.38. The molecule has 0 spiro atoms. The molecule has 0 radical (unpaired) electrons. The first-order valence-corrected chi connectivity index (χ1v) is 9.80. The van der Waals surface area contributed by atoms with Crippen molar-refractivity contribution in [1.82, 2.24) is 0 Å². The van der Waals surface area contributed by atoms with Crippen LogP contribution in [0.2, 0.25) is 0 Å². The molecule has 7 nitrogen and oxygen atoms in total. The maximum absolute atomic E-state index is 13.1. The molecule has 2 aromatic carbocycles. The fraction of sp³-hybridized carbons (Fsp3) is 0.208. The Morgan fingerprint density at radius 1 is 1.03 bits per heavy atom. The molecule has 0 aliphatic heterocycles. The molecule has 1 unspecified atom stereocenters. The molecule has 7 heteroatoms. The monoisotopic (exact) mass is 421 g/mol. The predicted molar refractivity (Wildman–Crippen MR) is 115 cm³/mol. The molecule has 0 aliphatic carbocycles. The molecule has 1 amide bonds. The highest BCUT2D eigenvalue weighted by Crippen LogP contribution is 2.27. The fourth-order valence-electron chi connectivity index (χ4n) is 3.18. The molecule has 3 rings (SSSR count). The zero-order valence-corrected chi connectivity index (χ0v) is 17.5. The van der Waals surface area contributed by atoms with Gasteiger partial charge in [0.25, 0.3) is 5.91 Å². The van der Waals surface area contributed by atoms with E-state index < -0.39 is 23.6 Å². The second kappa shape index (κ2) is 9.75. The molecule has 0 aliphatic rings. The quantitative estimate of drug-likeness (QED) is 0.575. The van der Waals surface area contributed by atoms with Crippen molar-refractivity contribution in [3.05, 3.63) is 93.5 Å². The van der Waals surface area contributed by atoms with E-state index in [1.165, 1.54) is 13.0 Å². The third kappa shape index (κ3) is 5.19. The maximum atomic E-state index is 13.1. The van der Waals surface area contributed by atoms with Crippen molar-refractivity contribution in [2.45, 2.75) is 26.9 Å². The normalized spacial score (nSPS) is 11.5. The summed E-state index contributed by atoms with van der Waals surface area (Å²) in [6, 6.07) is 16.9. The van der Waals surface area contributed by atoms with Gasteiger partial charge in [0.1, 0.15) is 17.1 Å². The smallest absolute Gasteiger partial charge is 0.342 e. The second-order valence-electron chi connectivity index (χ2n) is 6.79. The Bertz CT molecular complexity index is 1110. The third-order valence-corrected chi connectivity index (χ3v) is 4.55. The van der Waals surface area contributed by atoms with Gasteiger partial charge in [-0.3, -0.25) is 4.79 Å². The minimum atomic E-state index is -1.23. The molecule has 0 saturated heterocycles. The zero-order chi connectivity index (χ0) is 22.4. The summed E-state index contributed by atoms with van der Waals surface area (Å²) < 4.78 is 16.2. The SMILES string of the molecule is CCOc1ccccc1NC(=O)C(OC(=O)c1c(C)cc(=O)oc1C)c1ccccc1. The van der Waals surface area contributed by atoms with Crippen molar-refractivity contribution in [2.75, 3.05) is 11.9 Å². The summed E-state index contributed by atoms with van der Waals surface area (Å²) in [4.78, 5) is 37.6. The number of anilines is 1. The van der Waals surface area contributed by atoms with Gasteiger partial charge in [0, 0.05) is 11.6 Å². The van der Waals surface area contributed by atoms with Crippen molar-refractivity contribution in [3.63, 3.8) is 0 Å². The van der Waals surface area contributed by atoms with Crippen LogP contribution in [0.15, 0.2) is 69.9 Å². The van der Waals surface area contributed by atoms with Crippen LogP contribution in [0.4, 0.5) is 5.69 Å². The van der Waals surface area contributed by atoms with Crippen molar-refractivity contribution in [1.29, 1.82) is 0 Å². The Morgan fingerprint density at radius 2 is 1.71 bits per heavy atom. The Balaban J connectivity index is 1.92. The second-order valence-corrected chi connectivity index (χ2v) is 6.79. The maximum Gasteiger partial charge on any atom is 0.342 e. The first kappa shape index (κ1) is 21.8. The summed E-state index contributed by atoms with van der Waals surface area (Å²) in [6.07, 6.45) is -1.23. The lowest BCUT2D eigenvalue weighted by atomic mass is 10.1. The Morgan fingerprint density at radius 3 is 2.39 bits per heavy atom. The standard InChI is InChI=1S/C24H23NO6/c1-4-29-19-13-9-8-12-18(19)25-23(27)22(17-10-6-5-7-11-17)31-24(28)21-15(2)14-20(26)30-16(21)3/h5-14,22H,4H2,1-3H3,(H,25,27). The van der Waals surface area contributed by atoms with E-state index in [-0.39, 0.29) is 11.3 Å². The average molecular weight is 421 g/mol. The van der Waals surface area contributed by atoms with Crippen LogP contribution in [0.3, 0.4) is 0 Å². The van der Waals surface area contributed by atoms with Crippen LogP contribution in [0.25, 0.3) is 0 Å². The Labute approximate surface area is 179 Å². The predicted octanol–water partition coefficient (Wildman–Crippen LogP) is 4.19. The van der Waals surface area contributed by atoms with Gasteiger partial charge < -0.3 is 19.2 Å². The summed E-state index contributed by atoms with van der Waals surface area (Å²) in [7, 11) is 0. The van der Waals surface area contributed by atoms with E-state index in [0.29, 0.717) is 29.2 Å². The molecule has 1 aromatic heterocycles. The van der Waals surface area contributed by atoms with Crippen molar-refractivity contribution < 1.29 is 23.5 Å². The lowest BCUT2D eigenvalue weighted by molar-refractivity contribution is -0.125. The lowest BCUT2D eigenvalue weighted by Crippen LogP contribution is -2.27. The van der Waals surface area contributed by atoms with E-state index in [9.17, 15) is 14.4 Å². The largest absolute Gasteiger partial charge is 0.492 e. The van der Waals surface area contributed by atoms with Crippen LogP contribution >= 0.6 is 0 Å². The van der Waals surface area contributed by atoms with Crippen molar-refractivity contribution >= 4 is 17.6 Å². The minimum Gasteiger partial charge on any atom is -0.492 e. The van der Waals surface area contributed by atoms with E-state index in [0.717, 1.165) is 0 Å². The number of hydrogen-bond donors (Lipinski definition) is 1. The number of hydrogen-bond acceptors (Lipinski definition) is 6. The molecule has 1 atom stereocenters. The van der Waals surface area contributed by atoms with Gasteiger partial charge in [-0.05, 0) is 38.5 Å². The number of esters is 1. The topological polar surface area (TPSA) is 94.8 Å². The summed E-state index contributed by atoms with van der Waals surface area (Å²) in [5, 5.41) is 2.77. The van der Waals surface area contributed by atoms with Crippen LogP contribution in [-0.2, 0) is 9.53 Å². The molecule has 0 fully saturated rings. The molecule has 1 heterocycles. The van der Waals surface area contributed by atoms with Crippen LogP contribution in [0.5, 0.6) is 5.75 Å². The van der Waals surface area contributed by atoms with Crippen LogP contribution in [-0.4, -0.2) is 18.5 Å².